The van der Waals surface area contributed by atoms with E-state index in [2.05, 4.69) is 43.3 Å². The smallest absolute Gasteiger partial charge is 0.0864 e. The van der Waals surface area contributed by atoms with Crippen LogP contribution in [0.4, 0.5) is 0 Å². The Hall–Kier alpha value is -1.12. The molecule has 1 saturated heterocycles. The van der Waals surface area contributed by atoms with E-state index in [9.17, 15) is 0 Å². The third kappa shape index (κ3) is 3.38. The summed E-state index contributed by atoms with van der Waals surface area (Å²) in [6, 6.07) is 16.6. The average molecular weight is 297 g/mol. The first-order valence-corrected chi connectivity index (χ1v) is 10.2. The highest BCUT2D eigenvalue weighted by Crippen LogP contribution is 2.24. The Balaban J connectivity index is 1.87. The molecule has 0 atom stereocenters. The van der Waals surface area contributed by atoms with Crippen LogP contribution in [0, 0.1) is 0 Å². The Morgan fingerprint density at radius 1 is 1.00 bits per heavy atom. The van der Waals surface area contributed by atoms with Crippen LogP contribution < -0.4 is 5.19 Å². The highest BCUT2D eigenvalue weighted by molar-refractivity contribution is 6.76. The summed E-state index contributed by atoms with van der Waals surface area (Å²) in [6.07, 6.45) is 5.23. The fourth-order valence-corrected chi connectivity index (χ4v) is 6.36. The molecule has 0 saturated carbocycles. The standard InChI is InChI=1S/C19H25OSi/c1-2-3-12-20-15-16-10-11-19(21-13-6-7-14-21)18-9-5-4-8-17(16)18/h4-5,8-11H,2-3,6-7,12-15H2,1H3. The van der Waals surface area contributed by atoms with E-state index >= 15 is 0 Å². The summed E-state index contributed by atoms with van der Waals surface area (Å²) in [5.74, 6) is 0. The lowest BCUT2D eigenvalue weighted by Crippen LogP contribution is -2.27. The van der Waals surface area contributed by atoms with Gasteiger partial charge in [0.05, 0.1) is 15.4 Å². The fourth-order valence-electron chi connectivity index (χ4n) is 3.30. The highest BCUT2D eigenvalue weighted by Gasteiger charge is 2.21. The molecule has 2 aromatic rings. The van der Waals surface area contributed by atoms with Crippen molar-refractivity contribution in [3.05, 3.63) is 42.0 Å². The number of ether oxygens (including phenoxy) is 1. The van der Waals surface area contributed by atoms with Gasteiger partial charge in [0.1, 0.15) is 0 Å². The minimum absolute atomic E-state index is 0.301. The van der Waals surface area contributed by atoms with Gasteiger partial charge in [0.25, 0.3) is 0 Å². The molecule has 0 N–H and O–H groups in total. The molecule has 2 aromatic carbocycles. The van der Waals surface area contributed by atoms with Crippen molar-refractivity contribution < 1.29 is 4.74 Å². The topological polar surface area (TPSA) is 9.23 Å². The Bertz CT molecular complexity index is 587. The predicted octanol–water partition coefficient (Wildman–Crippen LogP) is 4.65. The molecule has 1 fully saturated rings. The van der Waals surface area contributed by atoms with Crippen molar-refractivity contribution in [1.29, 1.82) is 0 Å². The zero-order valence-corrected chi connectivity index (χ0v) is 14.0. The maximum absolute atomic E-state index is 5.84. The van der Waals surface area contributed by atoms with Gasteiger partial charge in [-0.05, 0) is 22.8 Å². The molecular weight excluding hydrogens is 272 g/mol. The SMILES string of the molecule is CCCCOCc1ccc([Si]2CCCC2)c2ccccc12. The van der Waals surface area contributed by atoms with Crippen molar-refractivity contribution in [3.63, 3.8) is 0 Å². The molecule has 1 aliphatic rings. The third-order valence-corrected chi connectivity index (χ3v) is 7.61. The average Bonchev–Trinajstić information content (AvgIpc) is 3.05. The normalized spacial score (nSPS) is 15.9. The number of rotatable bonds is 6. The summed E-state index contributed by atoms with van der Waals surface area (Å²) in [5.41, 5.74) is 1.35. The number of unbranched alkanes of at least 4 members (excludes halogenated alkanes) is 1. The Labute approximate surface area is 129 Å². The van der Waals surface area contributed by atoms with Crippen molar-refractivity contribution in [2.45, 2.75) is 51.3 Å². The molecule has 1 nitrogen and oxygen atoms in total. The molecule has 1 heterocycles. The van der Waals surface area contributed by atoms with Gasteiger partial charge in [-0.25, -0.2) is 0 Å². The van der Waals surface area contributed by atoms with Gasteiger partial charge < -0.3 is 4.74 Å². The monoisotopic (exact) mass is 297 g/mol. The summed E-state index contributed by atoms with van der Waals surface area (Å²) in [6.45, 7) is 3.84. The van der Waals surface area contributed by atoms with E-state index in [0.29, 0.717) is 0 Å². The summed E-state index contributed by atoms with van der Waals surface area (Å²) < 4.78 is 5.84. The first kappa shape index (κ1) is 14.8. The quantitative estimate of drug-likeness (QED) is 0.557. The van der Waals surface area contributed by atoms with Gasteiger partial charge in [-0.15, -0.1) is 0 Å². The van der Waals surface area contributed by atoms with Gasteiger partial charge in [-0.1, -0.05) is 79.9 Å². The van der Waals surface area contributed by atoms with Crippen LogP contribution in [0.25, 0.3) is 10.8 Å². The third-order valence-electron chi connectivity index (χ3n) is 4.50. The van der Waals surface area contributed by atoms with Gasteiger partial charge >= 0.3 is 0 Å². The molecule has 1 radical (unpaired) electrons. The molecule has 0 bridgehead atoms. The van der Waals surface area contributed by atoms with Crippen LogP contribution in [-0.4, -0.2) is 15.4 Å². The van der Waals surface area contributed by atoms with Crippen LogP contribution in [0.5, 0.6) is 0 Å². The van der Waals surface area contributed by atoms with E-state index in [4.69, 9.17) is 4.74 Å². The second-order valence-electron chi connectivity index (χ2n) is 6.03. The van der Waals surface area contributed by atoms with E-state index in [1.807, 2.05) is 0 Å². The minimum Gasteiger partial charge on any atom is -0.377 e. The number of fused-ring (bicyclic) bond motifs is 1. The van der Waals surface area contributed by atoms with Gasteiger partial charge in [0, 0.05) is 6.61 Å². The summed E-state index contributed by atoms with van der Waals surface area (Å²) >= 11 is 0. The van der Waals surface area contributed by atoms with Crippen LogP contribution in [-0.2, 0) is 11.3 Å². The van der Waals surface area contributed by atoms with Crippen molar-refractivity contribution >= 4 is 24.8 Å². The summed E-state index contributed by atoms with van der Waals surface area (Å²) in [5, 5.41) is 4.56. The van der Waals surface area contributed by atoms with Crippen LogP contribution in [0.3, 0.4) is 0 Å². The minimum atomic E-state index is -0.301. The molecule has 0 aliphatic carbocycles. The number of hydrogen-bond donors (Lipinski definition) is 0. The highest BCUT2D eigenvalue weighted by atomic mass is 28.3. The number of hydrogen-bond acceptors (Lipinski definition) is 1. The molecule has 3 rings (SSSR count). The van der Waals surface area contributed by atoms with Gasteiger partial charge in [-0.3, -0.25) is 0 Å². The molecule has 21 heavy (non-hydrogen) atoms. The molecule has 0 spiro atoms. The van der Waals surface area contributed by atoms with Gasteiger partial charge in [0.2, 0.25) is 0 Å². The van der Waals surface area contributed by atoms with Crippen LogP contribution in [0.2, 0.25) is 12.1 Å². The van der Waals surface area contributed by atoms with E-state index in [1.165, 1.54) is 47.7 Å². The second-order valence-corrected chi connectivity index (χ2v) is 8.78. The van der Waals surface area contributed by atoms with E-state index < -0.39 is 0 Å². The summed E-state index contributed by atoms with van der Waals surface area (Å²) in [7, 11) is -0.301. The molecule has 0 unspecified atom stereocenters. The van der Waals surface area contributed by atoms with Crippen LogP contribution in [0.1, 0.15) is 38.2 Å². The Kier molecular flexibility index (Phi) is 5.10. The molecule has 1 aliphatic heterocycles. The molecule has 2 heteroatoms. The zero-order chi connectivity index (χ0) is 14.5. The van der Waals surface area contributed by atoms with E-state index in [-0.39, 0.29) is 8.80 Å². The van der Waals surface area contributed by atoms with Crippen LogP contribution >= 0.6 is 0 Å². The lowest BCUT2D eigenvalue weighted by atomic mass is 10.1. The van der Waals surface area contributed by atoms with Gasteiger partial charge in [0.15, 0.2) is 0 Å². The molecular formula is C19H25OSi. The first-order chi connectivity index (χ1) is 10.4. The largest absolute Gasteiger partial charge is 0.377 e. The first-order valence-electron chi connectivity index (χ1n) is 8.33. The maximum atomic E-state index is 5.84. The van der Waals surface area contributed by atoms with Crippen molar-refractivity contribution in [1.82, 2.24) is 0 Å². The molecule has 111 valence electrons. The second kappa shape index (κ2) is 7.23. The Morgan fingerprint density at radius 2 is 1.76 bits per heavy atom. The lowest BCUT2D eigenvalue weighted by Gasteiger charge is -2.15. The number of benzene rings is 2. The lowest BCUT2D eigenvalue weighted by molar-refractivity contribution is 0.119. The predicted molar refractivity (Wildman–Crippen MR) is 92.7 cm³/mol. The fraction of sp³-hybridized carbons (Fsp3) is 0.474. The molecule has 0 aromatic heterocycles. The maximum Gasteiger partial charge on any atom is 0.0864 e. The van der Waals surface area contributed by atoms with Crippen LogP contribution in [0.15, 0.2) is 36.4 Å². The van der Waals surface area contributed by atoms with E-state index in [1.54, 1.807) is 5.19 Å². The van der Waals surface area contributed by atoms with E-state index in [0.717, 1.165) is 19.6 Å². The summed E-state index contributed by atoms with van der Waals surface area (Å²) in [4.78, 5) is 0. The van der Waals surface area contributed by atoms with Crippen molar-refractivity contribution in [2.24, 2.45) is 0 Å². The van der Waals surface area contributed by atoms with Gasteiger partial charge in [-0.2, -0.15) is 0 Å². The Morgan fingerprint density at radius 3 is 2.52 bits per heavy atom. The van der Waals surface area contributed by atoms with Crippen molar-refractivity contribution in [3.8, 4) is 0 Å². The zero-order valence-electron chi connectivity index (χ0n) is 13.0. The van der Waals surface area contributed by atoms with Crippen molar-refractivity contribution in [2.75, 3.05) is 6.61 Å². The molecule has 0 amide bonds.